The predicted octanol–water partition coefficient (Wildman–Crippen LogP) is 3.40. The molecular weight excluding hydrogens is 210 g/mol. The van der Waals surface area contributed by atoms with Crippen molar-refractivity contribution in [2.45, 2.75) is 26.2 Å². The topological polar surface area (TPSA) is 52.5 Å². The fourth-order valence-corrected chi connectivity index (χ4v) is 1.87. The molecule has 0 amide bonds. The van der Waals surface area contributed by atoms with Crippen molar-refractivity contribution in [1.82, 2.24) is 9.97 Å². The minimum absolute atomic E-state index is 0.146. The second-order valence-corrected chi connectivity index (χ2v) is 4.09. The molecule has 0 saturated carbocycles. The van der Waals surface area contributed by atoms with E-state index in [1.165, 1.54) is 5.56 Å². The van der Waals surface area contributed by atoms with Gasteiger partial charge >= 0.3 is 0 Å². The van der Waals surface area contributed by atoms with E-state index in [0.717, 1.165) is 23.5 Å². The Bertz CT molecular complexity index is 549. The van der Waals surface area contributed by atoms with Crippen molar-refractivity contribution < 1.29 is 0 Å². The van der Waals surface area contributed by atoms with Gasteiger partial charge in [-0.25, -0.2) is 4.98 Å². The normalized spacial score (nSPS) is 12.1. The first-order valence-electron chi connectivity index (χ1n) is 5.76. The lowest BCUT2D eigenvalue weighted by atomic mass is 10.1. The summed E-state index contributed by atoms with van der Waals surface area (Å²) in [5.41, 5.74) is 3.32. The molecule has 1 atom stereocenters. The molecule has 1 heterocycles. The average Bonchev–Trinajstić information content (AvgIpc) is 2.81. The molecule has 0 bridgehead atoms. The summed E-state index contributed by atoms with van der Waals surface area (Å²) in [6.07, 6.45) is 2.58. The van der Waals surface area contributed by atoms with Gasteiger partial charge in [-0.3, -0.25) is 0 Å². The third-order valence-corrected chi connectivity index (χ3v) is 2.92. The minimum atomic E-state index is -0.146. The van der Waals surface area contributed by atoms with Crippen LogP contribution in [-0.4, -0.2) is 9.97 Å². The molecule has 3 nitrogen and oxygen atoms in total. The lowest BCUT2D eigenvalue weighted by Crippen LogP contribution is -1.96. The van der Waals surface area contributed by atoms with Gasteiger partial charge in [-0.2, -0.15) is 5.26 Å². The predicted molar refractivity (Wildman–Crippen MR) is 67.4 cm³/mol. The van der Waals surface area contributed by atoms with E-state index in [-0.39, 0.29) is 5.92 Å². The summed E-state index contributed by atoms with van der Waals surface area (Å²) >= 11 is 0. The minimum Gasteiger partial charge on any atom is -0.341 e. The zero-order valence-corrected chi connectivity index (χ0v) is 10.1. The largest absolute Gasteiger partial charge is 0.341 e. The molecule has 0 aliphatic carbocycles. The van der Waals surface area contributed by atoms with Gasteiger partial charge in [0, 0.05) is 5.56 Å². The number of imidazole rings is 1. The highest BCUT2D eigenvalue weighted by Crippen LogP contribution is 2.23. The molecule has 0 aliphatic heterocycles. The molecule has 0 radical (unpaired) electrons. The number of aromatic nitrogens is 2. The second-order valence-electron chi connectivity index (χ2n) is 4.09. The maximum Gasteiger partial charge on any atom is 0.123 e. The molecule has 2 rings (SSSR count). The highest BCUT2D eigenvalue weighted by atomic mass is 14.9. The standard InChI is InChI=1S/C14H15N3/c1-3-11(8-15)14-16-9-13(17-14)12-7-5-4-6-10(12)2/h4-7,9,11H,3H2,1-2H3,(H,16,17). The lowest BCUT2D eigenvalue weighted by Gasteiger charge is -2.03. The maximum absolute atomic E-state index is 9.00. The molecule has 1 N–H and O–H groups in total. The Morgan fingerprint density at radius 3 is 2.82 bits per heavy atom. The number of nitrogens with zero attached hydrogens (tertiary/aromatic N) is 2. The molecule has 1 unspecified atom stereocenters. The van der Waals surface area contributed by atoms with E-state index in [4.69, 9.17) is 5.26 Å². The van der Waals surface area contributed by atoms with Gasteiger partial charge in [-0.05, 0) is 18.9 Å². The Labute approximate surface area is 101 Å². The Morgan fingerprint density at radius 1 is 1.41 bits per heavy atom. The van der Waals surface area contributed by atoms with Crippen molar-refractivity contribution in [3.05, 3.63) is 41.9 Å². The van der Waals surface area contributed by atoms with Gasteiger partial charge in [-0.15, -0.1) is 0 Å². The Hall–Kier alpha value is -2.08. The van der Waals surface area contributed by atoms with Gasteiger partial charge in [0.25, 0.3) is 0 Å². The van der Waals surface area contributed by atoms with Gasteiger partial charge in [0.05, 0.1) is 18.0 Å². The molecule has 1 aromatic carbocycles. The van der Waals surface area contributed by atoms with E-state index in [1.807, 2.05) is 19.1 Å². The summed E-state index contributed by atoms with van der Waals surface area (Å²) in [6.45, 7) is 4.06. The third-order valence-electron chi connectivity index (χ3n) is 2.92. The van der Waals surface area contributed by atoms with Crippen LogP contribution in [0.2, 0.25) is 0 Å². The Morgan fingerprint density at radius 2 is 2.18 bits per heavy atom. The smallest absolute Gasteiger partial charge is 0.123 e. The van der Waals surface area contributed by atoms with Crippen molar-refractivity contribution >= 4 is 0 Å². The van der Waals surface area contributed by atoms with Gasteiger partial charge < -0.3 is 4.98 Å². The number of hydrogen-bond acceptors (Lipinski definition) is 2. The highest BCUT2D eigenvalue weighted by molar-refractivity contribution is 5.62. The van der Waals surface area contributed by atoms with Crippen molar-refractivity contribution in [3.8, 4) is 17.3 Å². The van der Waals surface area contributed by atoms with Crippen molar-refractivity contribution in [1.29, 1.82) is 5.26 Å². The van der Waals surface area contributed by atoms with Crippen LogP contribution in [0.25, 0.3) is 11.3 Å². The third kappa shape index (κ3) is 2.21. The maximum atomic E-state index is 9.00. The summed E-state index contributed by atoms with van der Waals surface area (Å²) < 4.78 is 0. The summed E-state index contributed by atoms with van der Waals surface area (Å²) in [6, 6.07) is 10.4. The molecule has 3 heteroatoms. The van der Waals surface area contributed by atoms with E-state index < -0.39 is 0 Å². The van der Waals surface area contributed by atoms with E-state index >= 15 is 0 Å². The zero-order valence-electron chi connectivity index (χ0n) is 10.1. The van der Waals surface area contributed by atoms with Crippen LogP contribution in [0.4, 0.5) is 0 Å². The summed E-state index contributed by atoms with van der Waals surface area (Å²) in [5.74, 6) is 0.612. The van der Waals surface area contributed by atoms with Crippen LogP contribution in [0, 0.1) is 18.3 Å². The van der Waals surface area contributed by atoms with Gasteiger partial charge in [-0.1, -0.05) is 31.2 Å². The van der Waals surface area contributed by atoms with Crippen molar-refractivity contribution in [2.24, 2.45) is 0 Å². The first kappa shape index (κ1) is 11.4. The van der Waals surface area contributed by atoms with Crippen LogP contribution in [-0.2, 0) is 0 Å². The number of nitrogens with one attached hydrogen (secondary N) is 1. The quantitative estimate of drug-likeness (QED) is 0.870. The number of rotatable bonds is 3. The van der Waals surface area contributed by atoms with E-state index in [2.05, 4.69) is 35.1 Å². The molecule has 1 aromatic heterocycles. The van der Waals surface area contributed by atoms with Crippen LogP contribution in [0.1, 0.15) is 30.7 Å². The first-order valence-corrected chi connectivity index (χ1v) is 5.76. The van der Waals surface area contributed by atoms with Crippen LogP contribution in [0.5, 0.6) is 0 Å². The van der Waals surface area contributed by atoms with Gasteiger partial charge in [0.2, 0.25) is 0 Å². The monoisotopic (exact) mass is 225 g/mol. The van der Waals surface area contributed by atoms with Crippen LogP contribution < -0.4 is 0 Å². The number of nitriles is 1. The molecule has 0 spiro atoms. The highest BCUT2D eigenvalue weighted by Gasteiger charge is 2.13. The molecular formula is C14H15N3. The number of hydrogen-bond donors (Lipinski definition) is 1. The second kappa shape index (κ2) is 4.84. The van der Waals surface area contributed by atoms with E-state index in [9.17, 15) is 0 Å². The zero-order chi connectivity index (χ0) is 12.3. The molecule has 2 aromatic rings. The Balaban J connectivity index is 2.37. The molecule has 0 fully saturated rings. The summed E-state index contributed by atoms with van der Waals surface area (Å²) in [7, 11) is 0. The number of aromatic amines is 1. The average molecular weight is 225 g/mol. The molecule has 86 valence electrons. The number of aryl methyl sites for hydroxylation is 1. The molecule has 0 saturated heterocycles. The first-order chi connectivity index (χ1) is 8.26. The van der Waals surface area contributed by atoms with Crippen LogP contribution in [0.15, 0.2) is 30.5 Å². The summed E-state index contributed by atoms with van der Waals surface area (Å²) in [5, 5.41) is 9.00. The van der Waals surface area contributed by atoms with Gasteiger partial charge in [0.15, 0.2) is 0 Å². The number of benzene rings is 1. The fraction of sp³-hybridized carbons (Fsp3) is 0.286. The van der Waals surface area contributed by atoms with E-state index in [1.54, 1.807) is 6.20 Å². The Kier molecular flexibility index (Phi) is 3.24. The van der Waals surface area contributed by atoms with Crippen LogP contribution in [0.3, 0.4) is 0 Å². The number of H-pyrrole nitrogens is 1. The SMILES string of the molecule is CCC(C#N)c1ncc(-c2ccccc2C)[nH]1. The van der Waals surface area contributed by atoms with Crippen molar-refractivity contribution in [2.75, 3.05) is 0 Å². The van der Waals surface area contributed by atoms with Crippen molar-refractivity contribution in [3.63, 3.8) is 0 Å². The molecule has 17 heavy (non-hydrogen) atoms. The summed E-state index contributed by atoms with van der Waals surface area (Å²) in [4.78, 5) is 7.54. The van der Waals surface area contributed by atoms with E-state index in [0.29, 0.717) is 0 Å². The van der Waals surface area contributed by atoms with Crippen LogP contribution >= 0.6 is 0 Å². The van der Waals surface area contributed by atoms with Gasteiger partial charge in [0.1, 0.15) is 11.7 Å². The molecule has 0 aliphatic rings. The fourth-order valence-electron chi connectivity index (χ4n) is 1.87. The lowest BCUT2D eigenvalue weighted by molar-refractivity contribution is 0.766.